The fraction of sp³-hybridized carbons (Fsp3) is 0.0833. The first-order valence-electron chi connectivity index (χ1n) is 6.08. The Morgan fingerprint density at radius 2 is 2.05 bits per heavy atom. The summed E-state index contributed by atoms with van der Waals surface area (Å²) in [5.41, 5.74) is 16.9. The molecule has 21 heavy (non-hydrogen) atoms. The summed E-state index contributed by atoms with van der Waals surface area (Å²) < 4.78 is 1.71. The van der Waals surface area contributed by atoms with Gasteiger partial charge < -0.3 is 16.9 Å². The number of pyridine rings is 1. The Bertz CT molecular complexity index is 812. The summed E-state index contributed by atoms with van der Waals surface area (Å²) in [5.74, 6) is 6.02. The average Bonchev–Trinajstić information content (AvgIpc) is 2.84. The van der Waals surface area contributed by atoms with Gasteiger partial charge in [0, 0.05) is 10.6 Å². The molecule has 0 amide bonds. The molecule has 7 N–H and O–H groups in total. The first-order valence-corrected chi connectivity index (χ1v) is 6.46. The summed E-state index contributed by atoms with van der Waals surface area (Å²) in [6, 6.07) is 7.05. The maximum absolute atomic E-state index is 6.00. The summed E-state index contributed by atoms with van der Waals surface area (Å²) in [6.45, 7) is 0.394. The van der Waals surface area contributed by atoms with Crippen molar-refractivity contribution in [3.05, 3.63) is 34.9 Å². The number of hydrazine groups is 1. The Morgan fingerprint density at radius 1 is 1.24 bits per heavy atom. The van der Waals surface area contributed by atoms with Crippen LogP contribution in [0.25, 0.3) is 11.0 Å². The van der Waals surface area contributed by atoms with Crippen LogP contribution in [-0.2, 0) is 6.54 Å². The summed E-state index contributed by atoms with van der Waals surface area (Å²) in [4.78, 5) is 4.01. The molecule has 0 radical (unpaired) electrons. The van der Waals surface area contributed by atoms with E-state index < -0.39 is 0 Å². The molecular formula is C12H13ClN8. The van der Waals surface area contributed by atoms with Gasteiger partial charge in [-0.25, -0.2) is 15.5 Å². The molecule has 0 aliphatic carbocycles. The van der Waals surface area contributed by atoms with Gasteiger partial charge in [-0.05, 0) is 24.3 Å². The van der Waals surface area contributed by atoms with E-state index in [2.05, 4.69) is 20.7 Å². The number of fused-ring (bicyclic) bond motifs is 1. The Balaban J connectivity index is 2.04. The minimum absolute atomic E-state index is 0.319. The molecule has 0 unspecified atom stereocenters. The molecule has 0 saturated heterocycles. The van der Waals surface area contributed by atoms with E-state index in [1.54, 1.807) is 22.9 Å². The van der Waals surface area contributed by atoms with Crippen LogP contribution in [0.15, 0.2) is 24.3 Å². The van der Waals surface area contributed by atoms with E-state index in [1.807, 2.05) is 6.07 Å². The third-order valence-electron chi connectivity index (χ3n) is 3.10. The van der Waals surface area contributed by atoms with Crippen LogP contribution >= 0.6 is 11.6 Å². The number of halogens is 1. The number of hydrogen-bond acceptors (Lipinski definition) is 7. The predicted octanol–water partition coefficient (Wildman–Crippen LogP) is 0.978. The van der Waals surface area contributed by atoms with Crippen LogP contribution in [0.2, 0.25) is 5.02 Å². The Morgan fingerprint density at radius 3 is 2.81 bits per heavy atom. The number of benzene rings is 1. The third kappa shape index (κ3) is 2.41. The van der Waals surface area contributed by atoms with Gasteiger partial charge in [0.1, 0.15) is 11.3 Å². The van der Waals surface area contributed by atoms with Gasteiger partial charge in [0.05, 0.1) is 17.7 Å². The second-order valence-electron chi connectivity index (χ2n) is 4.49. The molecule has 0 atom stereocenters. The van der Waals surface area contributed by atoms with Gasteiger partial charge in [-0.1, -0.05) is 16.8 Å². The molecule has 0 fully saturated rings. The van der Waals surface area contributed by atoms with Crippen molar-refractivity contribution in [2.24, 2.45) is 5.84 Å². The molecule has 0 saturated carbocycles. The lowest BCUT2D eigenvalue weighted by molar-refractivity contribution is 0.670. The third-order valence-corrected chi connectivity index (χ3v) is 3.33. The Hall–Kier alpha value is -2.58. The van der Waals surface area contributed by atoms with E-state index in [0.717, 1.165) is 11.1 Å². The number of hydrogen-bond donors (Lipinski definition) is 4. The zero-order valence-corrected chi connectivity index (χ0v) is 11.7. The second-order valence-corrected chi connectivity index (χ2v) is 4.93. The molecule has 2 aromatic heterocycles. The predicted molar refractivity (Wildman–Crippen MR) is 82.5 cm³/mol. The lowest BCUT2D eigenvalue weighted by Crippen LogP contribution is -2.14. The molecule has 8 nitrogen and oxygen atoms in total. The maximum Gasteiger partial charge on any atom is 0.165 e. The number of nitrogens with zero attached hydrogens (tertiary/aromatic N) is 4. The largest absolute Gasteiger partial charge is 0.395 e. The lowest BCUT2D eigenvalue weighted by atomic mass is 10.2. The summed E-state index contributed by atoms with van der Waals surface area (Å²) in [7, 11) is 0. The smallest absolute Gasteiger partial charge is 0.165 e. The van der Waals surface area contributed by atoms with Crippen molar-refractivity contribution >= 4 is 40.0 Å². The van der Waals surface area contributed by atoms with Crippen LogP contribution in [0.5, 0.6) is 0 Å². The molecular weight excluding hydrogens is 292 g/mol. The van der Waals surface area contributed by atoms with Crippen molar-refractivity contribution in [3.8, 4) is 0 Å². The van der Waals surface area contributed by atoms with Crippen molar-refractivity contribution in [3.63, 3.8) is 0 Å². The molecule has 108 valence electrons. The number of aromatic nitrogens is 4. The normalized spacial score (nSPS) is 11.0. The summed E-state index contributed by atoms with van der Waals surface area (Å²) in [6.07, 6.45) is 0. The van der Waals surface area contributed by atoms with Gasteiger partial charge >= 0.3 is 0 Å². The standard InChI is InChI=1S/C12H13ClN8/c13-7-1-2-9-8(4-7)19-20-21(9)5-6-3-10(14)17-12(18-16)11(6)15/h1-4H,5,15-16H2,(H3,14,17,18). The summed E-state index contributed by atoms with van der Waals surface area (Å²) in [5, 5.41) is 8.78. The highest BCUT2D eigenvalue weighted by molar-refractivity contribution is 6.31. The van der Waals surface area contributed by atoms with Crippen LogP contribution in [0.3, 0.4) is 0 Å². The minimum atomic E-state index is 0.319. The molecule has 9 heteroatoms. The zero-order chi connectivity index (χ0) is 15.0. The van der Waals surface area contributed by atoms with Crippen LogP contribution < -0.4 is 22.7 Å². The van der Waals surface area contributed by atoms with Crippen molar-refractivity contribution in [2.75, 3.05) is 16.9 Å². The second kappa shape index (κ2) is 5.08. The molecule has 1 aromatic carbocycles. The topological polar surface area (TPSA) is 134 Å². The summed E-state index contributed by atoms with van der Waals surface area (Å²) >= 11 is 5.93. The molecule has 3 aromatic rings. The molecule has 2 heterocycles. The van der Waals surface area contributed by atoms with Crippen LogP contribution in [0.1, 0.15) is 5.56 Å². The SMILES string of the molecule is NNc1nc(N)cc(Cn2nnc3cc(Cl)ccc32)c1N. The first-order chi connectivity index (χ1) is 10.1. The highest BCUT2D eigenvalue weighted by atomic mass is 35.5. The molecule has 0 bridgehead atoms. The number of nitrogen functional groups attached to an aromatic ring is 3. The van der Waals surface area contributed by atoms with Crippen molar-refractivity contribution < 1.29 is 0 Å². The molecule has 0 aliphatic rings. The molecule has 0 spiro atoms. The number of rotatable bonds is 3. The average molecular weight is 305 g/mol. The van der Waals surface area contributed by atoms with Crippen LogP contribution in [0.4, 0.5) is 17.3 Å². The first kappa shape index (κ1) is 13.4. The van der Waals surface area contributed by atoms with Crippen molar-refractivity contribution in [1.29, 1.82) is 0 Å². The van der Waals surface area contributed by atoms with Crippen LogP contribution in [-0.4, -0.2) is 20.0 Å². The van der Waals surface area contributed by atoms with Gasteiger partial charge in [-0.2, -0.15) is 0 Å². The van der Waals surface area contributed by atoms with E-state index in [4.69, 9.17) is 28.9 Å². The minimum Gasteiger partial charge on any atom is -0.395 e. The van der Waals surface area contributed by atoms with Crippen molar-refractivity contribution in [1.82, 2.24) is 20.0 Å². The van der Waals surface area contributed by atoms with E-state index in [1.165, 1.54) is 0 Å². The fourth-order valence-corrected chi connectivity index (χ4v) is 2.26. The van der Waals surface area contributed by atoms with Gasteiger partial charge in [-0.15, -0.1) is 5.10 Å². The van der Waals surface area contributed by atoms with E-state index in [9.17, 15) is 0 Å². The number of nitrogens with two attached hydrogens (primary N) is 3. The maximum atomic E-state index is 6.00. The van der Waals surface area contributed by atoms with E-state index >= 15 is 0 Å². The number of anilines is 3. The van der Waals surface area contributed by atoms with Gasteiger partial charge in [0.2, 0.25) is 0 Å². The van der Waals surface area contributed by atoms with Gasteiger partial charge in [0.15, 0.2) is 5.82 Å². The van der Waals surface area contributed by atoms with Gasteiger partial charge in [0.25, 0.3) is 0 Å². The molecule has 0 aliphatic heterocycles. The monoisotopic (exact) mass is 304 g/mol. The number of nitrogens with one attached hydrogen (secondary N) is 1. The van der Waals surface area contributed by atoms with E-state index in [-0.39, 0.29) is 0 Å². The van der Waals surface area contributed by atoms with Gasteiger partial charge in [-0.3, -0.25) is 0 Å². The fourth-order valence-electron chi connectivity index (χ4n) is 2.09. The van der Waals surface area contributed by atoms with E-state index in [0.29, 0.717) is 34.4 Å². The van der Waals surface area contributed by atoms with Crippen LogP contribution in [0, 0.1) is 0 Å². The van der Waals surface area contributed by atoms with Crippen molar-refractivity contribution in [2.45, 2.75) is 6.54 Å². The Kier molecular flexibility index (Phi) is 3.24. The Labute approximate surface area is 124 Å². The highest BCUT2D eigenvalue weighted by Gasteiger charge is 2.11. The molecule has 3 rings (SSSR count). The quantitative estimate of drug-likeness (QED) is 0.418. The lowest BCUT2D eigenvalue weighted by Gasteiger charge is -2.11. The highest BCUT2D eigenvalue weighted by Crippen LogP contribution is 2.24. The zero-order valence-electron chi connectivity index (χ0n) is 10.9.